The molecule has 0 saturated carbocycles. The number of nitrogens with zero attached hydrogens (tertiary/aromatic N) is 2. The number of nitrogens with one attached hydrogen (secondary N) is 2. The van der Waals surface area contributed by atoms with Gasteiger partial charge in [-0.3, -0.25) is 18.9 Å². The fourth-order valence-corrected chi connectivity index (χ4v) is 2.86. The maximum atomic E-state index is 10.9. The minimum Gasteiger partial charge on any atom is -0.394 e. The van der Waals surface area contributed by atoms with Gasteiger partial charge < -0.3 is 40.1 Å². The largest absolute Gasteiger partial charge is 0.394 e. The van der Waals surface area contributed by atoms with E-state index in [0.29, 0.717) is 4.90 Å². The van der Waals surface area contributed by atoms with E-state index in [0.717, 1.165) is 6.20 Å². The Kier molecular flexibility index (Phi) is 7.01. The molecule has 156 valence electrons. The molecule has 0 bridgehead atoms. The van der Waals surface area contributed by atoms with E-state index >= 15 is 0 Å². The molecule has 1 unspecified atom stereocenters. The first-order valence-corrected chi connectivity index (χ1v) is 9.50. The van der Waals surface area contributed by atoms with Crippen molar-refractivity contribution < 1.29 is 48.8 Å². The first-order valence-electron chi connectivity index (χ1n) is 7.89. The number of imidazole rings is 1. The van der Waals surface area contributed by atoms with Crippen LogP contribution in [-0.4, -0.2) is 89.3 Å². The first-order chi connectivity index (χ1) is 13.1. The monoisotopic (exact) mass is 422 g/mol. The third-order valence-corrected chi connectivity index (χ3v) is 4.71. The number of ether oxygens (including phenoxy) is 1. The lowest BCUT2D eigenvalue weighted by Crippen LogP contribution is -2.36. The quantitative estimate of drug-likeness (QED) is 0.139. The number of imide groups is 3. The van der Waals surface area contributed by atoms with Crippen molar-refractivity contribution in [2.75, 3.05) is 11.9 Å². The Balaban J connectivity index is 0.000000261. The summed E-state index contributed by atoms with van der Waals surface area (Å²) in [6.45, 7) is -0.470. The summed E-state index contributed by atoms with van der Waals surface area (Å²) in [4.78, 5) is 55.3. The SMILES string of the molecule is O=CN1C(=O)CCC1=O.O=P(O)(O)c1c[nH]c(NC2O[C@H](CO)[C@@H](O)[C@H]2O)n1. The molecule has 2 fully saturated rings. The van der Waals surface area contributed by atoms with Crippen molar-refractivity contribution in [1.29, 1.82) is 0 Å². The molecule has 15 heteroatoms. The Morgan fingerprint density at radius 2 is 1.89 bits per heavy atom. The summed E-state index contributed by atoms with van der Waals surface area (Å²) in [5, 5.41) is 30.6. The van der Waals surface area contributed by atoms with Crippen molar-refractivity contribution in [2.24, 2.45) is 0 Å². The lowest BCUT2D eigenvalue weighted by Gasteiger charge is -2.15. The molecular weight excluding hydrogens is 403 g/mol. The van der Waals surface area contributed by atoms with Gasteiger partial charge in [0.1, 0.15) is 18.3 Å². The second-order valence-electron chi connectivity index (χ2n) is 5.82. The van der Waals surface area contributed by atoms with Crippen molar-refractivity contribution in [2.45, 2.75) is 37.4 Å². The smallest absolute Gasteiger partial charge is 0.376 e. The van der Waals surface area contributed by atoms with Crippen molar-refractivity contribution in [1.82, 2.24) is 14.9 Å². The number of aliphatic hydroxyl groups is 3. The lowest BCUT2D eigenvalue weighted by atomic mass is 10.1. The number of hydrogen-bond acceptors (Lipinski definition) is 10. The zero-order valence-corrected chi connectivity index (χ0v) is 15.1. The number of carbonyl (C=O) groups excluding carboxylic acids is 3. The highest BCUT2D eigenvalue weighted by molar-refractivity contribution is 7.60. The third-order valence-electron chi connectivity index (χ3n) is 3.88. The van der Waals surface area contributed by atoms with Crippen LogP contribution in [0.2, 0.25) is 0 Å². The highest BCUT2D eigenvalue weighted by Crippen LogP contribution is 2.32. The summed E-state index contributed by atoms with van der Waals surface area (Å²) in [6.07, 6.45) is -2.93. The van der Waals surface area contributed by atoms with Crippen molar-refractivity contribution in [3.63, 3.8) is 0 Å². The van der Waals surface area contributed by atoms with Gasteiger partial charge in [-0.15, -0.1) is 0 Å². The van der Waals surface area contributed by atoms with Crippen LogP contribution >= 0.6 is 7.60 Å². The Morgan fingerprint density at radius 1 is 1.29 bits per heavy atom. The highest BCUT2D eigenvalue weighted by atomic mass is 31.2. The van der Waals surface area contributed by atoms with Crippen LogP contribution in [0.1, 0.15) is 12.8 Å². The number of amides is 3. The van der Waals surface area contributed by atoms with E-state index in [4.69, 9.17) is 19.6 Å². The summed E-state index contributed by atoms with van der Waals surface area (Å²) in [6, 6.07) is 0. The van der Waals surface area contributed by atoms with Gasteiger partial charge >= 0.3 is 7.60 Å². The van der Waals surface area contributed by atoms with Crippen LogP contribution in [0.15, 0.2) is 6.20 Å². The molecule has 2 aliphatic rings. The number of H-pyrrole nitrogens is 1. The zero-order valence-electron chi connectivity index (χ0n) is 14.2. The van der Waals surface area contributed by atoms with E-state index in [-0.39, 0.29) is 25.2 Å². The average molecular weight is 422 g/mol. The van der Waals surface area contributed by atoms with Crippen LogP contribution in [0.4, 0.5) is 5.95 Å². The molecule has 3 rings (SSSR count). The Bertz CT molecular complexity index is 763. The van der Waals surface area contributed by atoms with Gasteiger partial charge in [-0.25, -0.2) is 9.88 Å². The molecular formula is C13H19N4O10P. The Hall–Kier alpha value is -2.19. The Labute approximate surface area is 157 Å². The predicted molar refractivity (Wildman–Crippen MR) is 88.8 cm³/mol. The van der Waals surface area contributed by atoms with Gasteiger partial charge in [0.15, 0.2) is 11.7 Å². The van der Waals surface area contributed by atoms with Crippen molar-refractivity contribution >= 4 is 37.2 Å². The molecule has 4 atom stereocenters. The van der Waals surface area contributed by atoms with E-state index in [1.165, 1.54) is 0 Å². The fraction of sp³-hybridized carbons (Fsp3) is 0.538. The number of anilines is 1. The van der Waals surface area contributed by atoms with E-state index in [2.05, 4.69) is 15.3 Å². The van der Waals surface area contributed by atoms with E-state index in [1.54, 1.807) is 0 Å². The van der Waals surface area contributed by atoms with Gasteiger partial charge in [0.05, 0.1) is 6.61 Å². The third kappa shape index (κ3) is 4.99. The molecule has 3 heterocycles. The topological polar surface area (TPSA) is 223 Å². The number of hydrogen-bond donors (Lipinski definition) is 7. The van der Waals surface area contributed by atoms with Crippen molar-refractivity contribution in [3.05, 3.63) is 6.20 Å². The summed E-state index contributed by atoms with van der Waals surface area (Å²) >= 11 is 0. The maximum absolute atomic E-state index is 10.9. The fourth-order valence-electron chi connectivity index (χ4n) is 2.40. The Morgan fingerprint density at radius 3 is 2.29 bits per heavy atom. The molecule has 0 aromatic carbocycles. The van der Waals surface area contributed by atoms with Gasteiger partial charge in [0, 0.05) is 19.0 Å². The van der Waals surface area contributed by atoms with Gasteiger partial charge in [0.2, 0.25) is 24.2 Å². The summed E-state index contributed by atoms with van der Waals surface area (Å²) < 4.78 is 16.0. The van der Waals surface area contributed by atoms with Crippen LogP contribution in [0.3, 0.4) is 0 Å². The van der Waals surface area contributed by atoms with Crippen LogP contribution < -0.4 is 10.8 Å². The molecule has 0 spiro atoms. The van der Waals surface area contributed by atoms with E-state index in [1.807, 2.05) is 0 Å². The number of rotatable bonds is 5. The number of aromatic amines is 1. The van der Waals surface area contributed by atoms with Crippen molar-refractivity contribution in [3.8, 4) is 0 Å². The molecule has 7 N–H and O–H groups in total. The van der Waals surface area contributed by atoms with Gasteiger partial charge in [-0.1, -0.05) is 0 Å². The number of aromatic nitrogens is 2. The minimum atomic E-state index is -4.46. The second kappa shape index (κ2) is 8.87. The van der Waals surface area contributed by atoms with Gasteiger partial charge in [-0.2, -0.15) is 0 Å². The molecule has 3 amide bonds. The molecule has 14 nitrogen and oxygen atoms in total. The molecule has 2 saturated heterocycles. The van der Waals surface area contributed by atoms with Crippen LogP contribution in [-0.2, 0) is 23.7 Å². The summed E-state index contributed by atoms with van der Waals surface area (Å²) in [5.74, 6) is -0.821. The predicted octanol–water partition coefficient (Wildman–Crippen LogP) is -3.64. The second-order valence-corrected chi connectivity index (χ2v) is 7.36. The van der Waals surface area contributed by atoms with Crippen LogP contribution in [0.5, 0.6) is 0 Å². The molecule has 1 aromatic rings. The normalized spacial score (nSPS) is 27.5. The summed E-state index contributed by atoms with van der Waals surface area (Å²) in [5.41, 5.74) is -0.457. The minimum absolute atomic E-state index is 0.0341. The standard InChI is InChI=1S/C8H14N3O7P.C5H5NO3/c12-2-3-5(13)6(14)7(18-3)11-8-9-1-4(10-8)19(15,16)17;7-3-6-4(8)1-2-5(6)9/h1,3,5-7,12-14H,2H2,(H2,9,10,11)(H2,15,16,17);3H,1-2H2/t3-,5-,6-,7?;/m1./s1. The molecule has 28 heavy (non-hydrogen) atoms. The van der Waals surface area contributed by atoms with Crippen LogP contribution in [0.25, 0.3) is 0 Å². The van der Waals surface area contributed by atoms with E-state index < -0.39 is 56.0 Å². The van der Waals surface area contributed by atoms with Gasteiger partial charge in [0.25, 0.3) is 0 Å². The van der Waals surface area contributed by atoms with E-state index in [9.17, 15) is 29.2 Å². The molecule has 1 aromatic heterocycles. The van der Waals surface area contributed by atoms with Gasteiger partial charge in [-0.05, 0) is 0 Å². The first kappa shape index (κ1) is 22.1. The number of carbonyl (C=O) groups is 3. The average Bonchev–Trinajstić information content (AvgIpc) is 3.30. The maximum Gasteiger partial charge on any atom is 0.376 e. The highest BCUT2D eigenvalue weighted by Gasteiger charge is 2.42. The number of aliphatic hydroxyl groups excluding tert-OH is 3. The molecule has 0 radical (unpaired) electrons. The zero-order chi connectivity index (χ0) is 21.1. The lowest BCUT2D eigenvalue weighted by molar-refractivity contribution is -0.143. The van der Waals surface area contributed by atoms with Crippen LogP contribution in [0, 0.1) is 0 Å². The molecule has 2 aliphatic heterocycles. The number of likely N-dealkylation sites (tertiary alicyclic amines) is 1. The molecule has 0 aliphatic carbocycles. The summed E-state index contributed by atoms with van der Waals surface area (Å²) in [7, 11) is -4.46.